The summed E-state index contributed by atoms with van der Waals surface area (Å²) in [5, 5.41) is 3.31. The molecule has 0 aliphatic carbocycles. The maximum absolute atomic E-state index is 15.5. The lowest BCUT2D eigenvalue weighted by Crippen LogP contribution is -2.54. The number of aromatic nitrogens is 5. The van der Waals surface area contributed by atoms with Gasteiger partial charge in [-0.15, -0.1) is 0 Å². The summed E-state index contributed by atoms with van der Waals surface area (Å²) in [6.45, 7) is 0. The molecule has 3 aromatic heterocycles. The Bertz CT molecular complexity index is 3880. The molecule has 0 unspecified atom stereocenters. The molecular formula is C63H37F12N5. The van der Waals surface area contributed by atoms with Crippen LogP contribution in [0.1, 0.15) is 22.3 Å². The maximum Gasteiger partial charge on any atom is 0.411 e. The van der Waals surface area contributed by atoms with Gasteiger partial charge in [0.2, 0.25) is 10.8 Å². The standard InChI is InChI=1S/C63H37F12N5/c64-60(65,66)58(61(67,68)69,43-30-34-45(35-31-43)79-51-18-8-4-14-47(51)48-15-5-9-19-52(48)79)41-26-22-39(23-27-41)56-76-55(38-12-2-1-3-13-38)77-57(78-56)40-24-28-42(29-25-40)59(62(70,71)72,63(73,74)75)44-32-36-46(37-33-44)80-53-20-10-6-16-49(53)50-17-7-11-21-54(50)80/h1-37H. The van der Waals surface area contributed by atoms with Crippen LogP contribution >= 0.6 is 0 Å². The van der Waals surface area contributed by atoms with Crippen molar-refractivity contribution in [1.82, 2.24) is 24.1 Å². The molecule has 0 saturated carbocycles. The average molecular weight is 1090 g/mol. The Kier molecular flexibility index (Phi) is 12.0. The van der Waals surface area contributed by atoms with Crippen molar-refractivity contribution in [2.75, 3.05) is 0 Å². The second-order valence-corrected chi connectivity index (χ2v) is 19.2. The second kappa shape index (κ2) is 18.7. The molecule has 12 rings (SSSR count). The van der Waals surface area contributed by atoms with Crippen LogP contribution in [0.5, 0.6) is 0 Å². The lowest BCUT2D eigenvalue weighted by atomic mass is 9.72. The van der Waals surface area contributed by atoms with Crippen LogP contribution in [0.15, 0.2) is 224 Å². The summed E-state index contributed by atoms with van der Waals surface area (Å²) in [6.07, 6.45) is -23.8. The van der Waals surface area contributed by atoms with Crippen molar-refractivity contribution in [2.45, 2.75) is 35.5 Å². The maximum atomic E-state index is 15.5. The Morgan fingerprint density at radius 1 is 0.237 bits per heavy atom. The third kappa shape index (κ3) is 7.99. The Balaban J connectivity index is 0.927. The highest BCUT2D eigenvalue weighted by molar-refractivity contribution is 6.10. The van der Waals surface area contributed by atoms with Crippen molar-refractivity contribution in [3.63, 3.8) is 0 Å². The molecule has 0 saturated heterocycles. The minimum absolute atomic E-state index is 0.0784. The van der Waals surface area contributed by atoms with E-state index in [4.69, 9.17) is 0 Å². The first kappa shape index (κ1) is 51.5. The molecule has 0 radical (unpaired) electrons. The number of alkyl halides is 12. The minimum Gasteiger partial charge on any atom is -0.309 e. The van der Waals surface area contributed by atoms with E-state index >= 15 is 52.7 Å². The minimum atomic E-state index is -5.94. The normalized spacial score (nSPS) is 13.0. The summed E-state index contributed by atoms with van der Waals surface area (Å²) in [5.41, 5.74) is -10.1. The van der Waals surface area contributed by atoms with Gasteiger partial charge in [0, 0.05) is 49.6 Å². The fraction of sp³-hybridized carbons (Fsp3) is 0.0952. The van der Waals surface area contributed by atoms with E-state index in [-0.39, 0.29) is 28.6 Å². The highest BCUT2D eigenvalue weighted by Gasteiger charge is 2.73. The summed E-state index contributed by atoms with van der Waals surface area (Å²) in [6, 6.07) is 51.7. The van der Waals surface area contributed by atoms with Crippen LogP contribution in [-0.4, -0.2) is 48.8 Å². The summed E-state index contributed by atoms with van der Waals surface area (Å²) in [7, 11) is 0. The molecule has 0 bridgehead atoms. The van der Waals surface area contributed by atoms with Gasteiger partial charge in [0.25, 0.3) is 0 Å². The van der Waals surface area contributed by atoms with Crippen LogP contribution in [-0.2, 0) is 10.8 Å². The number of hydrogen-bond donors (Lipinski definition) is 0. The molecule has 0 aliphatic heterocycles. The van der Waals surface area contributed by atoms with Gasteiger partial charge < -0.3 is 9.13 Å². The Labute approximate surface area is 446 Å². The van der Waals surface area contributed by atoms with E-state index in [9.17, 15) is 0 Å². The van der Waals surface area contributed by atoms with Crippen LogP contribution in [0, 0.1) is 0 Å². The van der Waals surface area contributed by atoms with Gasteiger partial charge in [-0.3, -0.25) is 0 Å². The summed E-state index contributed by atoms with van der Waals surface area (Å²) in [4.78, 5) is 13.4. The predicted molar refractivity (Wildman–Crippen MR) is 283 cm³/mol. The number of rotatable bonds is 9. The molecule has 0 amide bonds. The van der Waals surface area contributed by atoms with E-state index in [0.717, 1.165) is 70.1 Å². The molecule has 0 N–H and O–H groups in total. The van der Waals surface area contributed by atoms with Gasteiger partial charge in [-0.1, -0.05) is 176 Å². The molecule has 17 heteroatoms. The summed E-state index contributed by atoms with van der Waals surface area (Å²) in [5.74, 6) is -0.647. The molecule has 0 fully saturated rings. The quantitative estimate of drug-likeness (QED) is 0.135. The Morgan fingerprint density at radius 3 is 0.725 bits per heavy atom. The monoisotopic (exact) mass is 1090 g/mol. The summed E-state index contributed by atoms with van der Waals surface area (Å²) >= 11 is 0. The fourth-order valence-corrected chi connectivity index (χ4v) is 11.2. The lowest BCUT2D eigenvalue weighted by Gasteiger charge is -2.38. The van der Waals surface area contributed by atoms with Gasteiger partial charge >= 0.3 is 24.7 Å². The first-order valence-electron chi connectivity index (χ1n) is 24.7. The van der Waals surface area contributed by atoms with Crippen molar-refractivity contribution in [3.05, 3.63) is 247 Å². The number of para-hydroxylation sites is 4. The number of halogens is 12. The molecule has 398 valence electrons. The van der Waals surface area contributed by atoms with Crippen LogP contribution in [0.3, 0.4) is 0 Å². The van der Waals surface area contributed by atoms with Gasteiger partial charge in [0.05, 0.1) is 22.1 Å². The molecule has 0 atom stereocenters. The number of fused-ring (bicyclic) bond motifs is 6. The highest BCUT2D eigenvalue weighted by Crippen LogP contribution is 2.58. The molecule has 12 aromatic rings. The molecule has 0 spiro atoms. The first-order valence-corrected chi connectivity index (χ1v) is 24.7. The largest absolute Gasteiger partial charge is 0.411 e. The predicted octanol–water partition coefficient (Wildman–Crippen LogP) is 17.9. The topological polar surface area (TPSA) is 48.5 Å². The van der Waals surface area contributed by atoms with Crippen LogP contribution in [0.2, 0.25) is 0 Å². The van der Waals surface area contributed by atoms with Crippen molar-refractivity contribution >= 4 is 43.6 Å². The zero-order valence-electron chi connectivity index (χ0n) is 41.1. The van der Waals surface area contributed by atoms with E-state index in [2.05, 4.69) is 15.0 Å². The van der Waals surface area contributed by atoms with Gasteiger partial charge in [-0.2, -0.15) is 52.7 Å². The number of hydrogen-bond acceptors (Lipinski definition) is 3. The van der Waals surface area contributed by atoms with Crippen molar-refractivity contribution in [2.24, 2.45) is 0 Å². The lowest BCUT2D eigenvalue weighted by molar-refractivity contribution is -0.290. The molecule has 9 aromatic carbocycles. The molecule has 0 aliphatic rings. The van der Waals surface area contributed by atoms with Crippen molar-refractivity contribution in [3.8, 4) is 45.5 Å². The van der Waals surface area contributed by atoms with E-state index < -0.39 is 57.8 Å². The average Bonchev–Trinajstić information content (AvgIpc) is 4.12. The molecular weight excluding hydrogens is 1050 g/mol. The van der Waals surface area contributed by atoms with E-state index in [1.807, 2.05) is 48.5 Å². The molecule has 5 nitrogen and oxygen atoms in total. The SMILES string of the molecule is FC(F)(F)C(c1ccc(-c2nc(-c3ccccc3)nc(-c3ccc(C(c4ccc(-n5c6ccccc6c6ccccc65)cc4)(C(F)(F)F)C(F)(F)F)cc3)n2)cc1)(c1ccc(-n2c3ccccc3c3ccccc32)cc1)C(F)(F)F. The van der Waals surface area contributed by atoms with Gasteiger partial charge in [-0.05, 0) is 70.8 Å². The van der Waals surface area contributed by atoms with Gasteiger partial charge in [-0.25, -0.2) is 15.0 Å². The number of benzene rings is 9. The Morgan fingerprint density at radius 2 is 0.463 bits per heavy atom. The van der Waals surface area contributed by atoms with Crippen LogP contribution in [0.4, 0.5) is 52.7 Å². The van der Waals surface area contributed by atoms with E-state index in [1.54, 1.807) is 88.0 Å². The van der Waals surface area contributed by atoms with Crippen molar-refractivity contribution in [1.29, 1.82) is 0 Å². The first-order chi connectivity index (χ1) is 38.2. The third-order valence-corrected chi connectivity index (χ3v) is 14.8. The van der Waals surface area contributed by atoms with E-state index in [0.29, 0.717) is 63.3 Å². The molecule has 3 heterocycles. The van der Waals surface area contributed by atoms with Crippen molar-refractivity contribution < 1.29 is 52.7 Å². The smallest absolute Gasteiger partial charge is 0.309 e. The fourth-order valence-electron chi connectivity index (χ4n) is 11.2. The zero-order chi connectivity index (χ0) is 56.0. The van der Waals surface area contributed by atoms with Crippen LogP contribution < -0.4 is 0 Å². The van der Waals surface area contributed by atoms with Gasteiger partial charge in [0.1, 0.15) is 0 Å². The zero-order valence-corrected chi connectivity index (χ0v) is 41.1. The third-order valence-electron chi connectivity index (χ3n) is 14.8. The highest BCUT2D eigenvalue weighted by atomic mass is 19.4. The molecule has 80 heavy (non-hydrogen) atoms. The number of nitrogens with zero attached hydrogens (tertiary/aromatic N) is 5. The van der Waals surface area contributed by atoms with Crippen LogP contribution in [0.25, 0.3) is 89.2 Å². The summed E-state index contributed by atoms with van der Waals surface area (Å²) < 4.78 is 190. The van der Waals surface area contributed by atoms with E-state index in [1.165, 1.54) is 24.3 Å². The second-order valence-electron chi connectivity index (χ2n) is 19.2. The Hall–Kier alpha value is -9.25. The van der Waals surface area contributed by atoms with Gasteiger partial charge in [0.15, 0.2) is 17.5 Å².